The number of esters is 2. The predicted octanol–water partition coefficient (Wildman–Crippen LogP) is 4.71. The lowest BCUT2D eigenvalue weighted by atomic mass is 9.91. The third kappa shape index (κ3) is 6.89. The molecular weight excluding hydrogens is 316 g/mol. The van der Waals surface area contributed by atoms with Crippen molar-refractivity contribution in [2.75, 3.05) is 0 Å². The molecule has 0 amide bonds. The highest BCUT2D eigenvalue weighted by atomic mass is 16.6. The molecule has 1 aromatic carbocycles. The van der Waals surface area contributed by atoms with E-state index in [1.165, 1.54) is 16.7 Å². The van der Waals surface area contributed by atoms with Crippen LogP contribution in [0.1, 0.15) is 70.6 Å². The first kappa shape index (κ1) is 21.2. The minimum Gasteiger partial charge on any atom is -0.462 e. The predicted molar refractivity (Wildman–Crippen MR) is 99.5 cm³/mol. The second-order valence-corrected chi connectivity index (χ2v) is 7.98. The van der Waals surface area contributed by atoms with Gasteiger partial charge in [-0.15, -0.1) is 0 Å². The summed E-state index contributed by atoms with van der Waals surface area (Å²) >= 11 is 0. The molecule has 3 atom stereocenters. The molecule has 0 aliphatic heterocycles. The van der Waals surface area contributed by atoms with E-state index in [1.54, 1.807) is 6.92 Å². The fourth-order valence-electron chi connectivity index (χ4n) is 2.71. The molecule has 0 aromatic heterocycles. The highest BCUT2D eigenvalue weighted by molar-refractivity contribution is 5.79. The smallest absolute Gasteiger partial charge is 0.309 e. The Morgan fingerprint density at radius 1 is 1.08 bits per heavy atom. The van der Waals surface area contributed by atoms with Crippen molar-refractivity contribution in [2.24, 2.45) is 5.92 Å². The van der Waals surface area contributed by atoms with Gasteiger partial charge in [-0.2, -0.15) is 0 Å². The van der Waals surface area contributed by atoms with Crippen LogP contribution in [0.15, 0.2) is 18.2 Å². The summed E-state index contributed by atoms with van der Waals surface area (Å²) in [5.74, 6) is -1.19. The Morgan fingerprint density at radius 2 is 1.68 bits per heavy atom. The van der Waals surface area contributed by atoms with Crippen LogP contribution in [0.2, 0.25) is 0 Å². The maximum Gasteiger partial charge on any atom is 0.309 e. The van der Waals surface area contributed by atoms with E-state index in [4.69, 9.17) is 9.47 Å². The second-order valence-electron chi connectivity index (χ2n) is 7.98. The van der Waals surface area contributed by atoms with Gasteiger partial charge in [0.2, 0.25) is 0 Å². The number of carbonyl (C=O) groups excluding carboxylic acids is 2. The molecule has 4 heteroatoms. The lowest BCUT2D eigenvalue weighted by Gasteiger charge is -2.24. The van der Waals surface area contributed by atoms with Crippen LogP contribution in [0.3, 0.4) is 0 Å². The Morgan fingerprint density at radius 3 is 2.20 bits per heavy atom. The SMILES string of the molecule is Cc1ccc([C@@H](C)[C@@H](C)OC(=O)[C@H](C)CC(=O)OC(C)(C)C)c(C)c1. The van der Waals surface area contributed by atoms with Gasteiger partial charge in [-0.25, -0.2) is 0 Å². The van der Waals surface area contributed by atoms with E-state index >= 15 is 0 Å². The minimum atomic E-state index is -0.550. The molecule has 0 aliphatic rings. The van der Waals surface area contributed by atoms with E-state index in [0.717, 1.165) is 0 Å². The largest absolute Gasteiger partial charge is 0.462 e. The summed E-state index contributed by atoms with van der Waals surface area (Å²) in [6, 6.07) is 6.29. The van der Waals surface area contributed by atoms with E-state index in [1.807, 2.05) is 34.6 Å². The molecule has 0 spiro atoms. The molecule has 0 heterocycles. The van der Waals surface area contributed by atoms with Crippen LogP contribution in [0, 0.1) is 19.8 Å². The van der Waals surface area contributed by atoms with Crippen LogP contribution >= 0.6 is 0 Å². The topological polar surface area (TPSA) is 52.6 Å². The molecule has 140 valence electrons. The third-order valence-electron chi connectivity index (χ3n) is 4.22. The van der Waals surface area contributed by atoms with Gasteiger partial charge in [0.15, 0.2) is 0 Å². The van der Waals surface area contributed by atoms with E-state index in [2.05, 4.69) is 32.0 Å². The van der Waals surface area contributed by atoms with Gasteiger partial charge < -0.3 is 9.47 Å². The quantitative estimate of drug-likeness (QED) is 0.699. The summed E-state index contributed by atoms with van der Waals surface area (Å²) in [5.41, 5.74) is 3.03. The van der Waals surface area contributed by atoms with Crippen molar-refractivity contribution < 1.29 is 19.1 Å². The number of hydrogen-bond acceptors (Lipinski definition) is 4. The Kier molecular flexibility index (Phi) is 7.21. The van der Waals surface area contributed by atoms with Crippen molar-refractivity contribution in [3.8, 4) is 0 Å². The molecular formula is C21H32O4. The number of carbonyl (C=O) groups is 2. The maximum absolute atomic E-state index is 12.3. The fraction of sp³-hybridized carbons (Fsp3) is 0.619. The van der Waals surface area contributed by atoms with Crippen LogP contribution in [-0.2, 0) is 19.1 Å². The Balaban J connectivity index is 2.64. The Hall–Kier alpha value is -1.84. The van der Waals surface area contributed by atoms with E-state index < -0.39 is 11.5 Å². The van der Waals surface area contributed by atoms with Gasteiger partial charge in [0, 0.05) is 5.92 Å². The second kappa shape index (κ2) is 8.50. The van der Waals surface area contributed by atoms with E-state index in [0.29, 0.717) is 0 Å². The van der Waals surface area contributed by atoms with Gasteiger partial charge in [-0.3, -0.25) is 9.59 Å². The molecule has 4 nitrogen and oxygen atoms in total. The minimum absolute atomic E-state index is 0.0285. The van der Waals surface area contributed by atoms with Crippen molar-refractivity contribution in [2.45, 2.75) is 79.4 Å². The van der Waals surface area contributed by atoms with Crippen LogP contribution in [-0.4, -0.2) is 23.6 Å². The fourth-order valence-corrected chi connectivity index (χ4v) is 2.71. The van der Waals surface area contributed by atoms with Crippen LogP contribution < -0.4 is 0 Å². The first-order valence-electron chi connectivity index (χ1n) is 8.90. The molecule has 0 unspecified atom stereocenters. The van der Waals surface area contributed by atoms with Crippen molar-refractivity contribution in [3.63, 3.8) is 0 Å². The molecule has 0 saturated heterocycles. The summed E-state index contributed by atoms with van der Waals surface area (Å²) in [4.78, 5) is 24.2. The van der Waals surface area contributed by atoms with Gasteiger partial charge in [0.25, 0.3) is 0 Å². The van der Waals surface area contributed by atoms with E-state index in [9.17, 15) is 9.59 Å². The van der Waals surface area contributed by atoms with Crippen molar-refractivity contribution >= 4 is 11.9 Å². The van der Waals surface area contributed by atoms with Crippen molar-refractivity contribution in [3.05, 3.63) is 34.9 Å². The average molecular weight is 348 g/mol. The molecule has 0 N–H and O–H groups in total. The van der Waals surface area contributed by atoms with E-state index in [-0.39, 0.29) is 30.4 Å². The Bertz CT molecular complexity index is 613. The molecule has 0 radical (unpaired) electrons. The monoisotopic (exact) mass is 348 g/mol. The normalized spacial score (nSPS) is 15.2. The summed E-state index contributed by atoms with van der Waals surface area (Å²) in [6.07, 6.45) is -0.240. The van der Waals surface area contributed by atoms with Crippen molar-refractivity contribution in [1.82, 2.24) is 0 Å². The van der Waals surface area contributed by atoms with Crippen molar-refractivity contribution in [1.29, 1.82) is 0 Å². The first-order valence-corrected chi connectivity index (χ1v) is 8.90. The van der Waals surface area contributed by atoms with Gasteiger partial charge in [0.1, 0.15) is 11.7 Å². The zero-order valence-corrected chi connectivity index (χ0v) is 16.8. The number of rotatable bonds is 6. The van der Waals surface area contributed by atoms with Gasteiger partial charge in [0.05, 0.1) is 12.3 Å². The molecule has 0 fully saturated rings. The zero-order chi connectivity index (χ0) is 19.4. The lowest BCUT2D eigenvalue weighted by Crippen LogP contribution is -2.29. The van der Waals surface area contributed by atoms with Crippen LogP contribution in [0.4, 0.5) is 0 Å². The number of hydrogen-bond donors (Lipinski definition) is 0. The number of ether oxygens (including phenoxy) is 2. The maximum atomic E-state index is 12.3. The van der Waals surface area contributed by atoms with Crippen LogP contribution in [0.5, 0.6) is 0 Å². The summed E-state index contributed by atoms with van der Waals surface area (Å²) in [7, 11) is 0. The molecule has 0 bridgehead atoms. The average Bonchev–Trinajstić information content (AvgIpc) is 2.44. The van der Waals surface area contributed by atoms with Crippen LogP contribution in [0.25, 0.3) is 0 Å². The summed E-state index contributed by atoms with van der Waals surface area (Å²) < 4.78 is 10.9. The molecule has 25 heavy (non-hydrogen) atoms. The number of aryl methyl sites for hydroxylation is 2. The third-order valence-corrected chi connectivity index (χ3v) is 4.22. The summed E-state index contributed by atoms with van der Waals surface area (Å²) in [5, 5.41) is 0. The highest BCUT2D eigenvalue weighted by Crippen LogP contribution is 2.26. The molecule has 0 saturated carbocycles. The number of benzene rings is 1. The Labute approximate surface area is 151 Å². The molecule has 0 aliphatic carbocycles. The first-order chi connectivity index (χ1) is 11.4. The van der Waals surface area contributed by atoms with Gasteiger partial charge in [-0.1, -0.05) is 37.6 Å². The molecule has 1 rings (SSSR count). The standard InChI is InChI=1S/C21H32O4/c1-13-9-10-18(14(2)11-13)16(4)17(5)24-20(23)15(3)12-19(22)25-21(6,7)8/h9-11,15-17H,12H2,1-8H3/t15-,16+,17-/m1/s1. The molecule has 1 aromatic rings. The summed E-state index contributed by atoms with van der Waals surface area (Å²) in [6.45, 7) is 15.2. The van der Waals surface area contributed by atoms with Gasteiger partial charge >= 0.3 is 11.9 Å². The van der Waals surface area contributed by atoms with Gasteiger partial charge in [-0.05, 0) is 52.7 Å². The lowest BCUT2D eigenvalue weighted by molar-refractivity contribution is -0.163. The zero-order valence-electron chi connectivity index (χ0n) is 16.8. The highest BCUT2D eigenvalue weighted by Gasteiger charge is 2.26.